The highest BCUT2D eigenvalue weighted by Gasteiger charge is 2.09. The predicted octanol–water partition coefficient (Wildman–Crippen LogP) is 4.80. The number of amides is 1. The van der Waals surface area contributed by atoms with Crippen LogP contribution in [0, 0.1) is 0 Å². The molecule has 0 aromatic carbocycles. The van der Waals surface area contributed by atoms with Gasteiger partial charge in [0.1, 0.15) is 0 Å². The van der Waals surface area contributed by atoms with E-state index in [0.29, 0.717) is 5.11 Å². The van der Waals surface area contributed by atoms with Crippen LogP contribution in [0.2, 0.25) is 0 Å². The van der Waals surface area contributed by atoms with Gasteiger partial charge in [0.25, 0.3) is 5.91 Å². The number of unbranched alkanes of at least 4 members (excludes halogenated alkanes) is 9. The molecule has 5 heteroatoms. The summed E-state index contributed by atoms with van der Waals surface area (Å²) in [7, 11) is 0. The summed E-state index contributed by atoms with van der Waals surface area (Å²) in [5.74, 6) is -0.0383. The van der Waals surface area contributed by atoms with Gasteiger partial charge in [-0.15, -0.1) is 0 Å². The summed E-state index contributed by atoms with van der Waals surface area (Å²) in [5, 5.41) is 6.03. The largest absolute Gasteiger partial charge is 0.459 e. The van der Waals surface area contributed by atoms with Gasteiger partial charge >= 0.3 is 0 Å². The summed E-state index contributed by atoms with van der Waals surface area (Å²) in [5.41, 5.74) is 0. The third-order valence-corrected chi connectivity index (χ3v) is 4.03. The van der Waals surface area contributed by atoms with Gasteiger partial charge in [0.2, 0.25) is 0 Å². The lowest BCUT2D eigenvalue weighted by Gasteiger charge is -2.08. The Kier molecular flexibility index (Phi) is 11.2. The number of rotatable bonds is 12. The molecule has 2 N–H and O–H groups in total. The van der Waals surface area contributed by atoms with Gasteiger partial charge in [-0.3, -0.25) is 10.1 Å². The molecule has 130 valence electrons. The van der Waals surface area contributed by atoms with Gasteiger partial charge in [0.05, 0.1) is 6.26 Å². The molecule has 0 aliphatic heterocycles. The number of carbonyl (C=O) groups is 1. The van der Waals surface area contributed by atoms with E-state index in [-0.39, 0.29) is 11.7 Å². The molecule has 1 heterocycles. The molecule has 0 saturated heterocycles. The van der Waals surface area contributed by atoms with Crippen LogP contribution in [0.4, 0.5) is 0 Å². The van der Waals surface area contributed by atoms with Crippen LogP contribution in [-0.4, -0.2) is 17.6 Å². The first-order chi connectivity index (χ1) is 11.2. The van der Waals surface area contributed by atoms with Gasteiger partial charge < -0.3 is 9.73 Å². The highest BCUT2D eigenvalue weighted by molar-refractivity contribution is 7.80. The summed E-state index contributed by atoms with van der Waals surface area (Å²) in [4.78, 5) is 11.7. The van der Waals surface area contributed by atoms with E-state index in [1.165, 1.54) is 64.1 Å². The van der Waals surface area contributed by atoms with Crippen molar-refractivity contribution in [1.29, 1.82) is 0 Å². The van der Waals surface area contributed by atoms with E-state index in [4.69, 9.17) is 16.6 Å². The average molecular weight is 339 g/mol. The Hall–Kier alpha value is -1.36. The van der Waals surface area contributed by atoms with Gasteiger partial charge in [-0.1, -0.05) is 64.7 Å². The second-order valence-electron chi connectivity index (χ2n) is 5.87. The third kappa shape index (κ3) is 10.1. The van der Waals surface area contributed by atoms with Crippen molar-refractivity contribution >= 4 is 23.2 Å². The maximum absolute atomic E-state index is 11.7. The zero-order valence-corrected chi connectivity index (χ0v) is 15.1. The van der Waals surface area contributed by atoms with Crippen molar-refractivity contribution in [2.75, 3.05) is 6.54 Å². The monoisotopic (exact) mass is 338 g/mol. The van der Waals surface area contributed by atoms with Crippen LogP contribution in [0.5, 0.6) is 0 Å². The molecule has 1 amide bonds. The van der Waals surface area contributed by atoms with Crippen molar-refractivity contribution in [3.05, 3.63) is 24.2 Å². The quantitative estimate of drug-likeness (QED) is 0.424. The minimum absolute atomic E-state index is 0.271. The Labute approximate surface area is 145 Å². The standard InChI is InChI=1S/C18H30N2O2S/c1-2-3-4-5-6-7-8-9-10-11-14-19-18(23)20-17(21)16-13-12-15-22-16/h12-13,15H,2-11,14H2,1H3,(H2,19,20,21,23). The topological polar surface area (TPSA) is 54.3 Å². The van der Waals surface area contributed by atoms with Gasteiger partial charge in [-0.25, -0.2) is 0 Å². The molecule has 0 unspecified atom stereocenters. The van der Waals surface area contributed by atoms with Crippen LogP contribution in [0.1, 0.15) is 81.7 Å². The molecular weight excluding hydrogens is 308 g/mol. The fourth-order valence-electron chi connectivity index (χ4n) is 2.43. The second kappa shape index (κ2) is 13.1. The van der Waals surface area contributed by atoms with E-state index in [1.54, 1.807) is 12.1 Å². The number of thiocarbonyl (C=S) groups is 1. The van der Waals surface area contributed by atoms with Crippen molar-refractivity contribution in [1.82, 2.24) is 10.6 Å². The van der Waals surface area contributed by atoms with Crippen molar-refractivity contribution in [2.45, 2.75) is 71.1 Å². The number of hydrogen-bond acceptors (Lipinski definition) is 3. The van der Waals surface area contributed by atoms with E-state index < -0.39 is 0 Å². The van der Waals surface area contributed by atoms with Crippen LogP contribution < -0.4 is 10.6 Å². The molecule has 0 saturated carbocycles. The highest BCUT2D eigenvalue weighted by Crippen LogP contribution is 2.10. The van der Waals surface area contributed by atoms with Gasteiger partial charge in [0.15, 0.2) is 10.9 Å². The van der Waals surface area contributed by atoms with E-state index in [2.05, 4.69) is 17.6 Å². The number of furan rings is 1. The number of hydrogen-bond donors (Lipinski definition) is 2. The molecule has 0 aliphatic carbocycles. The molecule has 1 aromatic heterocycles. The molecule has 4 nitrogen and oxygen atoms in total. The highest BCUT2D eigenvalue weighted by atomic mass is 32.1. The lowest BCUT2D eigenvalue weighted by Crippen LogP contribution is -2.39. The van der Waals surface area contributed by atoms with Crippen LogP contribution in [0.25, 0.3) is 0 Å². The van der Waals surface area contributed by atoms with Crippen LogP contribution in [-0.2, 0) is 0 Å². The van der Waals surface area contributed by atoms with Crippen molar-refractivity contribution in [2.24, 2.45) is 0 Å². The fourth-order valence-corrected chi connectivity index (χ4v) is 2.63. The summed E-state index contributed by atoms with van der Waals surface area (Å²) >= 11 is 5.09. The minimum Gasteiger partial charge on any atom is -0.459 e. The molecule has 0 fully saturated rings. The maximum atomic E-state index is 11.7. The van der Waals surface area contributed by atoms with Gasteiger partial charge in [-0.05, 0) is 30.8 Å². The Balaban J connectivity index is 1.89. The van der Waals surface area contributed by atoms with E-state index in [1.807, 2.05) is 0 Å². The molecule has 0 spiro atoms. The summed E-state index contributed by atoms with van der Waals surface area (Å²) in [6, 6.07) is 3.29. The normalized spacial score (nSPS) is 10.5. The molecule has 0 bridgehead atoms. The zero-order valence-electron chi connectivity index (χ0n) is 14.2. The number of carbonyl (C=O) groups excluding carboxylic acids is 1. The molecule has 0 atom stereocenters. The van der Waals surface area contributed by atoms with E-state index in [0.717, 1.165) is 13.0 Å². The molecule has 0 radical (unpaired) electrons. The minimum atomic E-state index is -0.310. The van der Waals surface area contributed by atoms with Gasteiger partial charge in [-0.2, -0.15) is 0 Å². The van der Waals surface area contributed by atoms with Gasteiger partial charge in [0, 0.05) is 6.54 Å². The van der Waals surface area contributed by atoms with Crippen LogP contribution in [0.3, 0.4) is 0 Å². The summed E-state index contributed by atoms with van der Waals surface area (Å²) < 4.78 is 5.01. The average Bonchev–Trinajstić information content (AvgIpc) is 3.07. The first kappa shape index (κ1) is 19.7. The Bertz CT molecular complexity index is 432. The smallest absolute Gasteiger partial charge is 0.293 e. The zero-order chi connectivity index (χ0) is 16.8. The SMILES string of the molecule is CCCCCCCCCCCCNC(=S)NC(=O)c1ccco1. The molecule has 1 aromatic rings. The molecular formula is C18H30N2O2S. The molecule has 0 aliphatic rings. The first-order valence-electron chi connectivity index (χ1n) is 8.86. The first-order valence-corrected chi connectivity index (χ1v) is 9.27. The lowest BCUT2D eigenvalue weighted by molar-refractivity contribution is 0.0949. The second-order valence-corrected chi connectivity index (χ2v) is 6.28. The Morgan fingerprint density at radius 2 is 1.65 bits per heavy atom. The number of nitrogens with one attached hydrogen (secondary N) is 2. The van der Waals surface area contributed by atoms with Crippen LogP contribution >= 0.6 is 12.2 Å². The summed E-state index contributed by atoms with van der Waals surface area (Å²) in [6.45, 7) is 3.05. The van der Waals surface area contributed by atoms with Crippen molar-refractivity contribution in [3.8, 4) is 0 Å². The Morgan fingerprint density at radius 1 is 1.04 bits per heavy atom. The van der Waals surface area contributed by atoms with Crippen molar-refractivity contribution in [3.63, 3.8) is 0 Å². The Morgan fingerprint density at radius 3 is 2.22 bits per heavy atom. The third-order valence-electron chi connectivity index (χ3n) is 3.79. The molecule has 1 rings (SSSR count). The predicted molar refractivity (Wildman–Crippen MR) is 98.6 cm³/mol. The molecule has 23 heavy (non-hydrogen) atoms. The van der Waals surface area contributed by atoms with E-state index >= 15 is 0 Å². The fraction of sp³-hybridized carbons (Fsp3) is 0.667. The summed E-state index contributed by atoms with van der Waals surface area (Å²) in [6.07, 6.45) is 14.6. The maximum Gasteiger partial charge on any atom is 0.293 e. The van der Waals surface area contributed by atoms with Crippen molar-refractivity contribution < 1.29 is 9.21 Å². The lowest BCUT2D eigenvalue weighted by atomic mass is 10.1. The van der Waals surface area contributed by atoms with E-state index in [9.17, 15) is 4.79 Å². The van der Waals surface area contributed by atoms with Crippen LogP contribution in [0.15, 0.2) is 22.8 Å².